The summed E-state index contributed by atoms with van der Waals surface area (Å²) in [5.41, 5.74) is 2.49. The van der Waals surface area contributed by atoms with E-state index in [0.29, 0.717) is 17.6 Å². The predicted octanol–water partition coefficient (Wildman–Crippen LogP) is 1.10. The molecule has 0 fully saturated rings. The molecule has 8 nitrogen and oxygen atoms in total. The first-order valence-corrected chi connectivity index (χ1v) is 9.62. The largest absolute Gasteiger partial charge is 0.389 e. The topological polar surface area (TPSA) is 111 Å². The van der Waals surface area contributed by atoms with Crippen molar-refractivity contribution in [3.8, 4) is 0 Å². The van der Waals surface area contributed by atoms with Crippen LogP contribution in [0.25, 0.3) is 0 Å². The van der Waals surface area contributed by atoms with Crippen LogP contribution in [-0.2, 0) is 14.3 Å². The molecule has 0 bridgehead atoms. The molecule has 0 saturated carbocycles. The number of rotatable bonds is 9. The van der Waals surface area contributed by atoms with Crippen molar-refractivity contribution in [2.24, 2.45) is 5.92 Å². The van der Waals surface area contributed by atoms with Crippen LogP contribution in [0.4, 0.5) is 11.4 Å². The molecule has 8 heteroatoms. The van der Waals surface area contributed by atoms with Crippen LogP contribution in [0.1, 0.15) is 13.3 Å². The van der Waals surface area contributed by atoms with E-state index in [1.807, 2.05) is 13.0 Å². The first-order valence-electron chi connectivity index (χ1n) is 9.62. The van der Waals surface area contributed by atoms with Crippen LogP contribution < -0.4 is 10.6 Å². The summed E-state index contributed by atoms with van der Waals surface area (Å²) in [5, 5.41) is 25.9. The summed E-state index contributed by atoms with van der Waals surface area (Å²) < 4.78 is 4.86. The molecule has 2 amide bonds. The molecule has 1 aromatic rings. The van der Waals surface area contributed by atoms with Gasteiger partial charge in [-0.3, -0.25) is 14.5 Å². The quantitative estimate of drug-likeness (QED) is 0.362. The van der Waals surface area contributed by atoms with Gasteiger partial charge in [0.05, 0.1) is 19.3 Å². The standard InChI is InChI=1S/C21H27N3O5/c1-13-3-8-17-18(9-13)21(28)24(20(17)27)11-16(25)10-22-14-4-6-15(7-5-14)23-19(26)12-29-2/h3-8,13,16,19,22-23,25-26H,9-12H2,1-2H3. The number of imide groups is 1. The first kappa shape index (κ1) is 21.0. The maximum absolute atomic E-state index is 12.5. The maximum atomic E-state index is 12.5. The Bertz CT molecular complexity index is 818. The Balaban J connectivity index is 1.49. The number of hydrogen-bond donors (Lipinski definition) is 4. The van der Waals surface area contributed by atoms with E-state index in [-0.39, 0.29) is 37.4 Å². The van der Waals surface area contributed by atoms with E-state index in [4.69, 9.17) is 4.74 Å². The zero-order valence-corrected chi connectivity index (χ0v) is 16.6. The van der Waals surface area contributed by atoms with E-state index < -0.39 is 12.3 Å². The smallest absolute Gasteiger partial charge is 0.261 e. The second-order valence-electron chi connectivity index (χ2n) is 7.38. The minimum Gasteiger partial charge on any atom is -0.389 e. The molecule has 1 aliphatic heterocycles. The van der Waals surface area contributed by atoms with Gasteiger partial charge in [0.15, 0.2) is 0 Å². The number of methoxy groups -OCH3 is 1. The number of ether oxygens (including phenoxy) is 1. The third-order valence-electron chi connectivity index (χ3n) is 4.90. The van der Waals surface area contributed by atoms with Crippen molar-refractivity contribution in [1.29, 1.82) is 0 Å². The molecule has 0 saturated heterocycles. The van der Waals surface area contributed by atoms with Gasteiger partial charge in [-0.25, -0.2) is 0 Å². The van der Waals surface area contributed by atoms with Crippen LogP contribution in [0, 0.1) is 5.92 Å². The van der Waals surface area contributed by atoms with Crippen molar-refractivity contribution in [2.45, 2.75) is 25.7 Å². The Morgan fingerprint density at radius 1 is 1.17 bits per heavy atom. The zero-order chi connectivity index (χ0) is 21.0. The summed E-state index contributed by atoms with van der Waals surface area (Å²) >= 11 is 0. The summed E-state index contributed by atoms with van der Waals surface area (Å²) in [4.78, 5) is 26.1. The third kappa shape index (κ3) is 5.03. The Morgan fingerprint density at radius 3 is 2.55 bits per heavy atom. The lowest BCUT2D eigenvalue weighted by Crippen LogP contribution is -2.40. The highest BCUT2D eigenvalue weighted by Crippen LogP contribution is 2.31. The fourth-order valence-corrected chi connectivity index (χ4v) is 3.42. The molecular formula is C21H27N3O5. The highest BCUT2D eigenvalue weighted by atomic mass is 16.5. The van der Waals surface area contributed by atoms with E-state index in [0.717, 1.165) is 16.3 Å². The minimum atomic E-state index is -0.896. The number of aliphatic hydroxyl groups is 2. The van der Waals surface area contributed by atoms with Crippen LogP contribution in [0.2, 0.25) is 0 Å². The van der Waals surface area contributed by atoms with E-state index in [9.17, 15) is 19.8 Å². The lowest BCUT2D eigenvalue weighted by atomic mass is 9.92. The fraction of sp³-hybridized carbons (Fsp3) is 0.429. The van der Waals surface area contributed by atoms with Gasteiger partial charge in [0.2, 0.25) is 0 Å². The van der Waals surface area contributed by atoms with Gasteiger partial charge in [0.25, 0.3) is 11.8 Å². The van der Waals surface area contributed by atoms with Gasteiger partial charge in [-0.15, -0.1) is 0 Å². The van der Waals surface area contributed by atoms with Gasteiger partial charge >= 0.3 is 0 Å². The molecule has 156 valence electrons. The molecule has 1 aromatic carbocycles. The summed E-state index contributed by atoms with van der Waals surface area (Å²) in [5.74, 6) is -0.410. The number of carbonyl (C=O) groups excluding carboxylic acids is 2. The van der Waals surface area contributed by atoms with Gasteiger partial charge in [-0.1, -0.05) is 19.1 Å². The number of nitrogens with zero attached hydrogens (tertiary/aromatic N) is 1. The van der Waals surface area contributed by atoms with Gasteiger partial charge < -0.3 is 25.6 Å². The van der Waals surface area contributed by atoms with Crippen molar-refractivity contribution in [3.05, 3.63) is 47.6 Å². The lowest BCUT2D eigenvalue weighted by Gasteiger charge is -2.20. The molecule has 2 aliphatic rings. The molecule has 0 spiro atoms. The number of nitrogens with one attached hydrogen (secondary N) is 2. The third-order valence-corrected chi connectivity index (χ3v) is 4.90. The molecule has 0 radical (unpaired) electrons. The molecule has 0 aromatic heterocycles. The van der Waals surface area contributed by atoms with Crippen LogP contribution in [-0.4, -0.2) is 66.1 Å². The maximum Gasteiger partial charge on any atom is 0.261 e. The summed E-state index contributed by atoms with van der Waals surface area (Å²) in [6.07, 6.45) is 2.51. The van der Waals surface area contributed by atoms with Gasteiger partial charge in [-0.05, 0) is 36.6 Å². The monoisotopic (exact) mass is 401 g/mol. The van der Waals surface area contributed by atoms with Gasteiger partial charge in [0, 0.05) is 36.2 Å². The second-order valence-corrected chi connectivity index (χ2v) is 7.38. The number of carbonyl (C=O) groups is 2. The Hall–Kier alpha value is -2.68. The molecule has 3 unspecified atom stereocenters. The lowest BCUT2D eigenvalue weighted by molar-refractivity contribution is -0.139. The Labute approximate surface area is 169 Å². The highest BCUT2D eigenvalue weighted by molar-refractivity contribution is 6.20. The first-order chi connectivity index (χ1) is 13.9. The number of benzene rings is 1. The van der Waals surface area contributed by atoms with Crippen LogP contribution >= 0.6 is 0 Å². The fourth-order valence-electron chi connectivity index (χ4n) is 3.42. The van der Waals surface area contributed by atoms with Crippen LogP contribution in [0.15, 0.2) is 47.6 Å². The second kappa shape index (κ2) is 9.21. The summed E-state index contributed by atoms with van der Waals surface area (Å²) in [6.45, 7) is 2.31. The number of anilines is 2. The SMILES string of the molecule is COCC(O)Nc1ccc(NCC(O)CN2C(=O)C3=C(CC(C)C=C3)C2=O)cc1. The average molecular weight is 401 g/mol. The van der Waals surface area contributed by atoms with Crippen LogP contribution in [0.5, 0.6) is 0 Å². The van der Waals surface area contributed by atoms with Gasteiger partial charge in [0.1, 0.15) is 6.23 Å². The number of aliphatic hydroxyl groups excluding tert-OH is 2. The van der Waals surface area contributed by atoms with Crippen LogP contribution in [0.3, 0.4) is 0 Å². The number of allylic oxidation sites excluding steroid dienone is 1. The molecule has 4 N–H and O–H groups in total. The highest BCUT2D eigenvalue weighted by Gasteiger charge is 2.39. The number of amides is 2. The van der Waals surface area contributed by atoms with Crippen molar-refractivity contribution in [2.75, 3.05) is 37.4 Å². The predicted molar refractivity (Wildman–Crippen MR) is 109 cm³/mol. The van der Waals surface area contributed by atoms with E-state index in [1.165, 1.54) is 7.11 Å². The zero-order valence-electron chi connectivity index (χ0n) is 16.6. The number of β-amino-alcohol motifs (C(OH)–C–C–N with tert-alkyl or cyclic N) is 1. The minimum absolute atomic E-state index is 0.0528. The Kier molecular flexibility index (Phi) is 6.68. The molecule has 3 atom stereocenters. The van der Waals surface area contributed by atoms with E-state index >= 15 is 0 Å². The average Bonchev–Trinajstić information content (AvgIpc) is 2.92. The van der Waals surface area contributed by atoms with E-state index in [1.54, 1.807) is 30.3 Å². The van der Waals surface area contributed by atoms with Crippen molar-refractivity contribution >= 4 is 23.2 Å². The van der Waals surface area contributed by atoms with Crippen molar-refractivity contribution < 1.29 is 24.5 Å². The number of hydrogen-bond acceptors (Lipinski definition) is 7. The Morgan fingerprint density at radius 2 is 1.86 bits per heavy atom. The van der Waals surface area contributed by atoms with Gasteiger partial charge in [-0.2, -0.15) is 0 Å². The normalized spacial score (nSPS) is 20.7. The molecule has 29 heavy (non-hydrogen) atoms. The molecule has 3 rings (SSSR count). The molecular weight excluding hydrogens is 374 g/mol. The van der Waals surface area contributed by atoms with Crippen molar-refractivity contribution in [3.63, 3.8) is 0 Å². The molecule has 1 aliphatic carbocycles. The molecule has 1 heterocycles. The van der Waals surface area contributed by atoms with Crippen molar-refractivity contribution in [1.82, 2.24) is 4.90 Å². The summed E-state index contributed by atoms with van der Waals surface area (Å²) in [7, 11) is 1.51. The summed E-state index contributed by atoms with van der Waals surface area (Å²) in [6, 6.07) is 7.17. The van der Waals surface area contributed by atoms with E-state index in [2.05, 4.69) is 10.6 Å².